The van der Waals surface area contributed by atoms with E-state index in [0.29, 0.717) is 23.2 Å². The van der Waals surface area contributed by atoms with Crippen LogP contribution in [-0.2, 0) is 13.2 Å². The Morgan fingerprint density at radius 3 is 2.62 bits per heavy atom. The van der Waals surface area contributed by atoms with E-state index in [1.54, 1.807) is 12.1 Å². The lowest BCUT2D eigenvalue weighted by Gasteiger charge is -2.18. The second kappa shape index (κ2) is 8.52. The largest absolute Gasteiger partial charge is 0.488 e. The SMILES string of the molecule is CC[C@H](C)NCc1c(OCc2c(F)cccc2Cl)ccc2ccccc12. The summed E-state index contributed by atoms with van der Waals surface area (Å²) in [6.07, 6.45) is 1.05. The lowest BCUT2D eigenvalue weighted by molar-refractivity contribution is 0.296. The molecule has 2 nitrogen and oxygen atoms in total. The van der Waals surface area contributed by atoms with E-state index < -0.39 is 0 Å². The molecular weight excluding hydrogens is 349 g/mol. The van der Waals surface area contributed by atoms with Crippen LogP contribution >= 0.6 is 11.6 Å². The zero-order valence-corrected chi connectivity index (χ0v) is 15.8. The van der Waals surface area contributed by atoms with Crippen LogP contribution in [0.2, 0.25) is 5.02 Å². The monoisotopic (exact) mass is 371 g/mol. The van der Waals surface area contributed by atoms with Gasteiger partial charge in [-0.1, -0.05) is 54.9 Å². The number of hydrogen-bond acceptors (Lipinski definition) is 2. The molecule has 0 saturated carbocycles. The molecule has 26 heavy (non-hydrogen) atoms. The molecule has 0 bridgehead atoms. The molecule has 136 valence electrons. The molecule has 0 heterocycles. The lowest BCUT2D eigenvalue weighted by Crippen LogP contribution is -2.24. The standard InChI is InChI=1S/C22H23ClFNO/c1-3-15(2)25-13-18-17-8-5-4-7-16(17)11-12-22(18)26-14-19-20(23)9-6-10-21(19)24/h4-12,15,25H,3,13-14H2,1-2H3/t15-/m0/s1. The van der Waals surface area contributed by atoms with Crippen molar-refractivity contribution in [1.29, 1.82) is 0 Å². The molecule has 0 amide bonds. The third-order valence-electron chi connectivity index (χ3n) is 4.67. The lowest BCUT2D eigenvalue weighted by atomic mass is 10.0. The Bertz CT molecular complexity index is 876. The Labute approximate surface area is 158 Å². The number of hydrogen-bond donors (Lipinski definition) is 1. The van der Waals surface area contributed by atoms with Crippen LogP contribution in [0.1, 0.15) is 31.4 Å². The topological polar surface area (TPSA) is 21.3 Å². The van der Waals surface area contributed by atoms with E-state index in [-0.39, 0.29) is 12.4 Å². The Balaban J connectivity index is 1.91. The molecule has 0 aliphatic rings. The van der Waals surface area contributed by atoms with Crippen molar-refractivity contribution in [2.75, 3.05) is 0 Å². The Kier molecular flexibility index (Phi) is 6.12. The van der Waals surface area contributed by atoms with E-state index in [2.05, 4.69) is 31.3 Å². The summed E-state index contributed by atoms with van der Waals surface area (Å²) in [5.41, 5.74) is 1.46. The van der Waals surface area contributed by atoms with Gasteiger partial charge in [0.25, 0.3) is 0 Å². The molecule has 3 aromatic rings. The summed E-state index contributed by atoms with van der Waals surface area (Å²) in [5, 5.41) is 6.20. The van der Waals surface area contributed by atoms with E-state index in [1.165, 1.54) is 6.07 Å². The van der Waals surface area contributed by atoms with Gasteiger partial charge in [-0.25, -0.2) is 4.39 Å². The minimum absolute atomic E-state index is 0.0974. The summed E-state index contributed by atoms with van der Waals surface area (Å²) in [6, 6.07) is 17.3. The molecule has 1 N–H and O–H groups in total. The van der Waals surface area contributed by atoms with Crippen LogP contribution in [0.5, 0.6) is 5.75 Å². The van der Waals surface area contributed by atoms with Crippen LogP contribution in [0, 0.1) is 5.82 Å². The first kappa shape index (κ1) is 18.7. The molecule has 0 aliphatic carbocycles. The smallest absolute Gasteiger partial charge is 0.131 e. The molecular formula is C22H23ClFNO. The summed E-state index contributed by atoms with van der Waals surface area (Å²) in [5.74, 6) is 0.399. The van der Waals surface area contributed by atoms with Gasteiger partial charge < -0.3 is 10.1 Å². The summed E-state index contributed by atoms with van der Waals surface area (Å²) in [6.45, 7) is 5.10. The normalized spacial score (nSPS) is 12.3. The third kappa shape index (κ3) is 4.17. The van der Waals surface area contributed by atoms with Gasteiger partial charge in [-0.3, -0.25) is 0 Å². The van der Waals surface area contributed by atoms with Gasteiger partial charge in [0.1, 0.15) is 18.2 Å². The van der Waals surface area contributed by atoms with E-state index in [0.717, 1.165) is 28.5 Å². The molecule has 0 fully saturated rings. The van der Waals surface area contributed by atoms with Gasteiger partial charge >= 0.3 is 0 Å². The van der Waals surface area contributed by atoms with E-state index in [1.807, 2.05) is 24.3 Å². The number of ether oxygens (including phenoxy) is 1. The molecule has 1 atom stereocenters. The van der Waals surface area contributed by atoms with Crippen molar-refractivity contribution in [3.8, 4) is 5.75 Å². The van der Waals surface area contributed by atoms with Crippen molar-refractivity contribution >= 4 is 22.4 Å². The zero-order valence-electron chi connectivity index (χ0n) is 15.1. The van der Waals surface area contributed by atoms with Crippen molar-refractivity contribution in [2.24, 2.45) is 0 Å². The van der Waals surface area contributed by atoms with E-state index >= 15 is 0 Å². The maximum Gasteiger partial charge on any atom is 0.131 e. The van der Waals surface area contributed by atoms with Crippen molar-refractivity contribution in [3.63, 3.8) is 0 Å². The molecule has 4 heteroatoms. The van der Waals surface area contributed by atoms with Crippen LogP contribution in [0.15, 0.2) is 54.6 Å². The first-order valence-electron chi connectivity index (χ1n) is 8.89. The number of benzene rings is 3. The van der Waals surface area contributed by atoms with E-state index in [9.17, 15) is 4.39 Å². The van der Waals surface area contributed by atoms with Gasteiger partial charge in [0.05, 0.1) is 5.02 Å². The van der Waals surface area contributed by atoms with Crippen molar-refractivity contribution in [3.05, 3.63) is 76.6 Å². The first-order valence-corrected chi connectivity index (χ1v) is 9.27. The highest BCUT2D eigenvalue weighted by Gasteiger charge is 2.13. The summed E-state index contributed by atoms with van der Waals surface area (Å²) >= 11 is 6.12. The third-order valence-corrected chi connectivity index (χ3v) is 5.03. The number of rotatable bonds is 7. The summed E-state index contributed by atoms with van der Waals surface area (Å²) in [7, 11) is 0. The van der Waals surface area contributed by atoms with Gasteiger partial charge in [0.2, 0.25) is 0 Å². The minimum Gasteiger partial charge on any atom is -0.488 e. The van der Waals surface area contributed by atoms with Crippen LogP contribution in [0.3, 0.4) is 0 Å². The van der Waals surface area contributed by atoms with Crippen molar-refractivity contribution < 1.29 is 9.13 Å². The quantitative estimate of drug-likeness (QED) is 0.541. The molecule has 0 spiro atoms. The maximum absolute atomic E-state index is 14.0. The highest BCUT2D eigenvalue weighted by Crippen LogP contribution is 2.30. The van der Waals surface area contributed by atoms with Crippen LogP contribution < -0.4 is 10.1 Å². The first-order chi connectivity index (χ1) is 12.6. The molecule has 0 saturated heterocycles. The van der Waals surface area contributed by atoms with Crippen LogP contribution in [0.25, 0.3) is 10.8 Å². The summed E-state index contributed by atoms with van der Waals surface area (Å²) in [4.78, 5) is 0. The van der Waals surface area contributed by atoms with Gasteiger partial charge in [-0.05, 0) is 42.3 Å². The Morgan fingerprint density at radius 1 is 1.04 bits per heavy atom. The number of fused-ring (bicyclic) bond motifs is 1. The summed E-state index contributed by atoms with van der Waals surface area (Å²) < 4.78 is 20.0. The van der Waals surface area contributed by atoms with Crippen molar-refractivity contribution in [2.45, 2.75) is 39.5 Å². The maximum atomic E-state index is 14.0. The molecule has 0 aliphatic heterocycles. The molecule has 0 aromatic heterocycles. The fraction of sp³-hybridized carbons (Fsp3) is 0.273. The van der Waals surface area contributed by atoms with E-state index in [4.69, 9.17) is 16.3 Å². The Hall–Kier alpha value is -2.10. The molecule has 3 aromatic carbocycles. The molecule has 0 unspecified atom stereocenters. The highest BCUT2D eigenvalue weighted by atomic mass is 35.5. The average Bonchev–Trinajstić information content (AvgIpc) is 2.66. The predicted molar refractivity (Wildman–Crippen MR) is 106 cm³/mol. The van der Waals surface area contributed by atoms with Gasteiger partial charge in [0, 0.05) is 23.7 Å². The van der Waals surface area contributed by atoms with Gasteiger partial charge in [-0.15, -0.1) is 0 Å². The number of nitrogens with one attached hydrogen (secondary N) is 1. The highest BCUT2D eigenvalue weighted by molar-refractivity contribution is 6.31. The van der Waals surface area contributed by atoms with Crippen LogP contribution in [0.4, 0.5) is 4.39 Å². The van der Waals surface area contributed by atoms with Gasteiger partial charge in [-0.2, -0.15) is 0 Å². The fourth-order valence-electron chi connectivity index (χ4n) is 2.87. The fourth-order valence-corrected chi connectivity index (χ4v) is 3.09. The number of halogens is 2. The second-order valence-corrected chi connectivity index (χ2v) is 6.85. The zero-order chi connectivity index (χ0) is 18.5. The minimum atomic E-state index is -0.349. The Morgan fingerprint density at radius 2 is 1.85 bits per heavy atom. The molecule has 0 radical (unpaired) electrons. The van der Waals surface area contributed by atoms with Gasteiger partial charge in [0.15, 0.2) is 0 Å². The molecule has 3 rings (SSSR count). The second-order valence-electron chi connectivity index (χ2n) is 6.44. The van der Waals surface area contributed by atoms with Crippen LogP contribution in [-0.4, -0.2) is 6.04 Å². The predicted octanol–water partition coefficient (Wildman–Crippen LogP) is 6.10. The average molecular weight is 372 g/mol. The van der Waals surface area contributed by atoms with Crippen molar-refractivity contribution in [1.82, 2.24) is 5.32 Å².